The minimum Gasteiger partial charge on any atom is -0.487 e. The molecule has 0 bridgehead atoms. The summed E-state index contributed by atoms with van der Waals surface area (Å²) < 4.78 is 5.14. The first kappa shape index (κ1) is 18.4. The van der Waals surface area contributed by atoms with Crippen molar-refractivity contribution in [1.29, 1.82) is 0 Å². The maximum absolute atomic E-state index is 12.2. The van der Waals surface area contributed by atoms with Crippen LogP contribution in [0.1, 0.15) is 37.6 Å². The molecular weight excluding hydrogens is 304 g/mol. The number of carbonyl (C=O) groups is 2. The minimum atomic E-state index is -1.15. The molecular formula is C15H20N2O6. The number of carboxylic acid groups (broad SMARTS) is 1. The average Bonchev–Trinajstić information content (AvgIpc) is 2.51. The number of nitrogens with one attached hydrogen (secondary N) is 1. The largest absolute Gasteiger partial charge is 0.487 e. The topological polar surface area (TPSA) is 119 Å². The van der Waals surface area contributed by atoms with E-state index < -0.39 is 22.8 Å². The van der Waals surface area contributed by atoms with Gasteiger partial charge >= 0.3 is 11.7 Å². The molecule has 8 heteroatoms. The van der Waals surface area contributed by atoms with E-state index in [0.717, 1.165) is 6.07 Å². The zero-order valence-electron chi connectivity index (χ0n) is 13.2. The van der Waals surface area contributed by atoms with Crippen LogP contribution in [0.25, 0.3) is 0 Å². The fourth-order valence-corrected chi connectivity index (χ4v) is 1.99. The van der Waals surface area contributed by atoms with Gasteiger partial charge in [-0.25, -0.2) is 4.79 Å². The van der Waals surface area contributed by atoms with Gasteiger partial charge in [0.05, 0.1) is 11.5 Å². The molecule has 126 valence electrons. The van der Waals surface area contributed by atoms with E-state index in [1.165, 1.54) is 12.1 Å². The van der Waals surface area contributed by atoms with Crippen molar-refractivity contribution in [3.05, 3.63) is 33.9 Å². The molecule has 8 nitrogen and oxygen atoms in total. The van der Waals surface area contributed by atoms with E-state index in [1.54, 1.807) is 13.8 Å². The Kier molecular flexibility index (Phi) is 6.49. The summed E-state index contributed by atoms with van der Waals surface area (Å²) in [6, 6.07) is 2.71. The third-order valence-corrected chi connectivity index (χ3v) is 3.48. The smallest absolute Gasteiger partial charge is 0.326 e. The lowest BCUT2D eigenvalue weighted by molar-refractivity contribution is -0.385. The van der Waals surface area contributed by atoms with Crippen molar-refractivity contribution in [3.8, 4) is 5.75 Å². The predicted octanol–water partition coefficient (Wildman–Crippen LogP) is 2.22. The number of benzene rings is 1. The Morgan fingerprint density at radius 1 is 1.39 bits per heavy atom. The second-order valence-electron chi connectivity index (χ2n) is 5.05. The zero-order valence-corrected chi connectivity index (χ0v) is 13.2. The maximum Gasteiger partial charge on any atom is 0.326 e. The lowest BCUT2D eigenvalue weighted by atomic mass is 9.99. The molecule has 1 aromatic carbocycles. The molecule has 0 heterocycles. The van der Waals surface area contributed by atoms with Gasteiger partial charge in [0, 0.05) is 11.6 Å². The molecule has 2 N–H and O–H groups in total. The maximum atomic E-state index is 12.2. The van der Waals surface area contributed by atoms with Crippen LogP contribution in [0.5, 0.6) is 5.75 Å². The van der Waals surface area contributed by atoms with Crippen LogP contribution in [0.4, 0.5) is 5.69 Å². The minimum absolute atomic E-state index is 0.00899. The Balaban J connectivity index is 3.06. The molecule has 1 rings (SSSR count). The molecule has 0 spiro atoms. The van der Waals surface area contributed by atoms with Crippen LogP contribution in [-0.4, -0.2) is 34.6 Å². The molecule has 0 aliphatic heterocycles. The van der Waals surface area contributed by atoms with E-state index in [-0.39, 0.29) is 29.5 Å². The van der Waals surface area contributed by atoms with Gasteiger partial charge in [0.25, 0.3) is 5.91 Å². The molecule has 23 heavy (non-hydrogen) atoms. The van der Waals surface area contributed by atoms with Gasteiger partial charge in [-0.1, -0.05) is 20.3 Å². The number of ether oxygens (including phenoxy) is 1. The van der Waals surface area contributed by atoms with Crippen LogP contribution < -0.4 is 10.1 Å². The van der Waals surface area contributed by atoms with E-state index in [0.29, 0.717) is 6.42 Å². The van der Waals surface area contributed by atoms with E-state index >= 15 is 0 Å². The quantitative estimate of drug-likeness (QED) is 0.559. The van der Waals surface area contributed by atoms with Crippen molar-refractivity contribution >= 4 is 17.6 Å². The third kappa shape index (κ3) is 4.67. The number of carbonyl (C=O) groups excluding carboxylic acids is 1. The van der Waals surface area contributed by atoms with Crippen LogP contribution in [0, 0.1) is 16.0 Å². The first-order valence-electron chi connectivity index (χ1n) is 7.26. The van der Waals surface area contributed by atoms with Gasteiger partial charge in [0.15, 0.2) is 5.75 Å². The van der Waals surface area contributed by atoms with Gasteiger partial charge in [0.1, 0.15) is 6.04 Å². The van der Waals surface area contributed by atoms with Gasteiger partial charge in [0.2, 0.25) is 0 Å². The highest BCUT2D eigenvalue weighted by Gasteiger charge is 2.27. The number of carboxylic acids is 1. The van der Waals surface area contributed by atoms with E-state index in [4.69, 9.17) is 4.74 Å². The van der Waals surface area contributed by atoms with Crippen LogP contribution in [-0.2, 0) is 4.79 Å². The van der Waals surface area contributed by atoms with Gasteiger partial charge in [-0.05, 0) is 25.0 Å². The highest BCUT2D eigenvalue weighted by Crippen LogP contribution is 2.28. The molecule has 2 unspecified atom stereocenters. The Morgan fingerprint density at radius 2 is 2.04 bits per heavy atom. The summed E-state index contributed by atoms with van der Waals surface area (Å²) >= 11 is 0. The van der Waals surface area contributed by atoms with Crippen molar-refractivity contribution in [2.45, 2.75) is 33.2 Å². The second-order valence-corrected chi connectivity index (χ2v) is 5.05. The van der Waals surface area contributed by atoms with Crippen LogP contribution in [0.15, 0.2) is 18.2 Å². The number of hydrogen-bond donors (Lipinski definition) is 2. The highest BCUT2D eigenvalue weighted by molar-refractivity contribution is 5.97. The van der Waals surface area contributed by atoms with Gasteiger partial charge in [-0.3, -0.25) is 14.9 Å². The second kappa shape index (κ2) is 8.11. The fourth-order valence-electron chi connectivity index (χ4n) is 1.99. The summed E-state index contributed by atoms with van der Waals surface area (Å²) in [6.45, 7) is 5.46. The van der Waals surface area contributed by atoms with E-state index in [9.17, 15) is 24.8 Å². The molecule has 1 amide bonds. The molecule has 0 fully saturated rings. The van der Waals surface area contributed by atoms with Gasteiger partial charge in [-0.15, -0.1) is 0 Å². The van der Waals surface area contributed by atoms with Crippen LogP contribution in [0.2, 0.25) is 0 Å². The summed E-state index contributed by atoms with van der Waals surface area (Å²) in [7, 11) is 0. The van der Waals surface area contributed by atoms with E-state index in [2.05, 4.69) is 5.32 Å². The number of rotatable bonds is 8. The monoisotopic (exact) mass is 324 g/mol. The molecule has 0 aliphatic rings. The number of hydrogen-bond acceptors (Lipinski definition) is 5. The molecule has 2 atom stereocenters. The van der Waals surface area contributed by atoms with Gasteiger partial charge in [-0.2, -0.15) is 0 Å². The summed E-state index contributed by atoms with van der Waals surface area (Å²) in [5.41, 5.74) is -0.329. The van der Waals surface area contributed by atoms with Crippen LogP contribution in [0.3, 0.4) is 0 Å². The van der Waals surface area contributed by atoms with Crippen LogP contribution >= 0.6 is 0 Å². The predicted molar refractivity (Wildman–Crippen MR) is 82.6 cm³/mol. The number of aliphatic carboxylic acids is 1. The number of amides is 1. The standard InChI is InChI=1S/C15H20N2O6/c1-4-9(3)13(15(19)20)16-14(18)10-6-7-12(23-5-2)11(8-10)17(21)22/h6-9,13H,4-5H2,1-3H3,(H,16,18)(H,19,20). The highest BCUT2D eigenvalue weighted by atomic mass is 16.6. The molecule has 0 saturated heterocycles. The Bertz CT molecular complexity index is 602. The van der Waals surface area contributed by atoms with Crippen molar-refractivity contribution in [1.82, 2.24) is 5.32 Å². The van der Waals surface area contributed by atoms with Gasteiger partial charge < -0.3 is 15.2 Å². The molecule has 0 radical (unpaired) electrons. The molecule has 0 aliphatic carbocycles. The van der Waals surface area contributed by atoms with Crippen molar-refractivity contribution in [2.75, 3.05) is 6.61 Å². The normalized spacial score (nSPS) is 13.0. The first-order chi connectivity index (χ1) is 10.8. The van der Waals surface area contributed by atoms with Crippen molar-refractivity contribution < 1.29 is 24.4 Å². The lowest BCUT2D eigenvalue weighted by Crippen LogP contribution is -2.45. The Hall–Kier alpha value is -2.64. The Labute approximate surface area is 133 Å². The fraction of sp³-hybridized carbons (Fsp3) is 0.467. The third-order valence-electron chi connectivity index (χ3n) is 3.48. The molecule has 0 aromatic heterocycles. The number of nitro groups is 1. The average molecular weight is 324 g/mol. The molecule has 0 saturated carbocycles. The zero-order chi connectivity index (χ0) is 17.6. The summed E-state index contributed by atoms with van der Waals surface area (Å²) in [6.07, 6.45) is 0.570. The number of nitro benzene ring substituents is 1. The molecule has 1 aromatic rings. The SMILES string of the molecule is CCOc1ccc(C(=O)NC(C(=O)O)C(C)CC)cc1[N+](=O)[O-]. The van der Waals surface area contributed by atoms with E-state index in [1.807, 2.05) is 6.92 Å². The lowest BCUT2D eigenvalue weighted by Gasteiger charge is -2.20. The summed E-state index contributed by atoms with van der Waals surface area (Å²) in [4.78, 5) is 33.8. The summed E-state index contributed by atoms with van der Waals surface area (Å²) in [5, 5.41) is 22.6. The Morgan fingerprint density at radius 3 is 2.52 bits per heavy atom. The van der Waals surface area contributed by atoms with Crippen molar-refractivity contribution in [3.63, 3.8) is 0 Å². The summed E-state index contributed by atoms with van der Waals surface area (Å²) in [5.74, 6) is -2.03. The first-order valence-corrected chi connectivity index (χ1v) is 7.26. The van der Waals surface area contributed by atoms with Crippen molar-refractivity contribution in [2.24, 2.45) is 5.92 Å². The number of nitrogens with zero attached hydrogens (tertiary/aromatic N) is 1.